The number of rotatable bonds is 2. The van der Waals surface area contributed by atoms with Crippen molar-refractivity contribution in [3.8, 4) is 0 Å². The van der Waals surface area contributed by atoms with Crippen LogP contribution in [-0.2, 0) is 19.0 Å². The number of carbonyl (C=O) groups is 1. The molecule has 0 radical (unpaired) electrons. The highest BCUT2D eigenvalue weighted by atomic mass is 16.7. The molecule has 2 fully saturated rings. The van der Waals surface area contributed by atoms with Crippen LogP contribution in [0.4, 0.5) is 0 Å². The Kier molecular flexibility index (Phi) is 2.02. The Morgan fingerprint density at radius 2 is 2.50 bits per heavy atom. The number of carbonyl (C=O) groups excluding carboxylic acids is 1. The Labute approximate surface area is 70.8 Å². The fourth-order valence-electron chi connectivity index (χ4n) is 1.71. The van der Waals surface area contributed by atoms with Gasteiger partial charge < -0.3 is 14.2 Å². The Hall–Kier alpha value is -0.610. The maximum atomic E-state index is 10.9. The quantitative estimate of drug-likeness (QED) is 0.562. The molecule has 0 aromatic heterocycles. The van der Waals surface area contributed by atoms with Gasteiger partial charge in [-0.25, -0.2) is 0 Å². The van der Waals surface area contributed by atoms with E-state index in [0.717, 1.165) is 0 Å². The molecule has 2 rings (SSSR count). The molecule has 4 heteroatoms. The van der Waals surface area contributed by atoms with E-state index in [0.29, 0.717) is 19.6 Å². The van der Waals surface area contributed by atoms with Crippen LogP contribution in [0.15, 0.2) is 0 Å². The molecular formula is C8H12O4. The van der Waals surface area contributed by atoms with Crippen LogP contribution in [0.1, 0.15) is 13.3 Å². The second kappa shape index (κ2) is 3.03. The van der Waals surface area contributed by atoms with Gasteiger partial charge in [-0.2, -0.15) is 0 Å². The van der Waals surface area contributed by atoms with E-state index < -0.39 is 0 Å². The zero-order valence-corrected chi connectivity index (χ0v) is 6.99. The standard InChI is InChI=1S/C8H12O4/c1-2-10-8-5-3-7(9)12-6(5)4-11-8/h5-6,8H,2-4H2,1H3. The lowest BCUT2D eigenvalue weighted by atomic mass is 10.0. The highest BCUT2D eigenvalue weighted by molar-refractivity contribution is 5.72. The van der Waals surface area contributed by atoms with Gasteiger partial charge in [-0.3, -0.25) is 4.79 Å². The van der Waals surface area contributed by atoms with Crippen LogP contribution < -0.4 is 0 Å². The van der Waals surface area contributed by atoms with Crippen molar-refractivity contribution < 1.29 is 19.0 Å². The Morgan fingerprint density at radius 3 is 3.25 bits per heavy atom. The molecule has 4 nitrogen and oxygen atoms in total. The van der Waals surface area contributed by atoms with Crippen LogP contribution in [0.2, 0.25) is 0 Å². The smallest absolute Gasteiger partial charge is 0.306 e. The van der Waals surface area contributed by atoms with Crippen LogP contribution in [0.25, 0.3) is 0 Å². The minimum atomic E-state index is -0.230. The summed E-state index contributed by atoms with van der Waals surface area (Å²) in [5, 5.41) is 0. The third kappa shape index (κ3) is 1.21. The fraction of sp³-hybridized carbons (Fsp3) is 0.875. The van der Waals surface area contributed by atoms with Gasteiger partial charge in [0.15, 0.2) is 6.29 Å². The van der Waals surface area contributed by atoms with Gasteiger partial charge in [-0.15, -0.1) is 0 Å². The summed E-state index contributed by atoms with van der Waals surface area (Å²) in [6.07, 6.45) is 0.149. The van der Waals surface area contributed by atoms with Gasteiger partial charge in [0, 0.05) is 6.61 Å². The van der Waals surface area contributed by atoms with Gasteiger partial charge in [0.05, 0.1) is 18.9 Å². The molecule has 12 heavy (non-hydrogen) atoms. The first-order valence-corrected chi connectivity index (χ1v) is 4.24. The largest absolute Gasteiger partial charge is 0.459 e. The van der Waals surface area contributed by atoms with Crippen molar-refractivity contribution in [2.45, 2.75) is 25.7 Å². The lowest BCUT2D eigenvalue weighted by molar-refractivity contribution is -0.148. The Morgan fingerprint density at radius 1 is 1.67 bits per heavy atom. The van der Waals surface area contributed by atoms with Crippen molar-refractivity contribution in [2.24, 2.45) is 5.92 Å². The second-order valence-corrected chi connectivity index (χ2v) is 3.05. The van der Waals surface area contributed by atoms with Crippen LogP contribution in [0.5, 0.6) is 0 Å². The minimum Gasteiger partial charge on any atom is -0.459 e. The highest BCUT2D eigenvalue weighted by Crippen LogP contribution is 2.33. The van der Waals surface area contributed by atoms with Gasteiger partial charge in [-0.05, 0) is 6.92 Å². The lowest BCUT2D eigenvalue weighted by Crippen LogP contribution is -2.22. The predicted octanol–water partition coefficient (Wildman–Crippen LogP) is 0.311. The number of ether oxygens (including phenoxy) is 3. The molecule has 68 valence electrons. The minimum absolute atomic E-state index is 0.0611. The molecule has 2 heterocycles. The summed E-state index contributed by atoms with van der Waals surface area (Å²) in [5.74, 6) is -0.00421. The molecule has 0 bridgehead atoms. The van der Waals surface area contributed by atoms with Gasteiger partial charge in [-0.1, -0.05) is 0 Å². The van der Waals surface area contributed by atoms with E-state index in [-0.39, 0.29) is 24.3 Å². The van der Waals surface area contributed by atoms with Crippen molar-refractivity contribution in [3.05, 3.63) is 0 Å². The molecule has 0 aromatic rings. The Bertz CT molecular complexity index is 189. The summed E-state index contributed by atoms with van der Waals surface area (Å²) in [4.78, 5) is 10.9. The first kappa shape index (κ1) is 8.01. The summed E-state index contributed by atoms with van der Waals surface area (Å²) in [6.45, 7) is 3.01. The molecule has 3 unspecified atom stereocenters. The van der Waals surface area contributed by atoms with E-state index in [1.807, 2.05) is 6.92 Å². The van der Waals surface area contributed by atoms with Crippen LogP contribution in [-0.4, -0.2) is 31.6 Å². The van der Waals surface area contributed by atoms with E-state index in [1.54, 1.807) is 0 Å². The van der Waals surface area contributed by atoms with Crippen molar-refractivity contribution in [1.82, 2.24) is 0 Å². The van der Waals surface area contributed by atoms with E-state index in [9.17, 15) is 4.79 Å². The fourth-order valence-corrected chi connectivity index (χ4v) is 1.71. The third-order valence-corrected chi connectivity index (χ3v) is 2.27. The molecule has 0 aromatic carbocycles. The summed E-state index contributed by atoms with van der Waals surface area (Å²) in [5.41, 5.74) is 0. The summed E-state index contributed by atoms with van der Waals surface area (Å²) in [6, 6.07) is 0. The van der Waals surface area contributed by atoms with Gasteiger partial charge in [0.1, 0.15) is 6.10 Å². The number of hydrogen-bond donors (Lipinski definition) is 0. The van der Waals surface area contributed by atoms with Crippen molar-refractivity contribution in [1.29, 1.82) is 0 Å². The molecular weight excluding hydrogens is 160 g/mol. The maximum Gasteiger partial charge on any atom is 0.306 e. The first-order chi connectivity index (χ1) is 5.81. The zero-order chi connectivity index (χ0) is 8.55. The molecule has 2 aliphatic rings. The number of esters is 1. The molecule has 0 N–H and O–H groups in total. The zero-order valence-electron chi connectivity index (χ0n) is 6.99. The normalized spacial score (nSPS) is 39.8. The number of hydrogen-bond acceptors (Lipinski definition) is 4. The average molecular weight is 172 g/mol. The molecule has 3 atom stereocenters. The summed E-state index contributed by atoms with van der Waals surface area (Å²) in [7, 11) is 0. The predicted molar refractivity (Wildman–Crippen MR) is 39.4 cm³/mol. The SMILES string of the molecule is CCOC1OCC2OC(=O)CC21. The molecule has 2 saturated heterocycles. The van der Waals surface area contributed by atoms with Gasteiger partial charge in [0.25, 0.3) is 0 Å². The van der Waals surface area contributed by atoms with Crippen molar-refractivity contribution >= 4 is 5.97 Å². The van der Waals surface area contributed by atoms with Crippen molar-refractivity contribution in [2.75, 3.05) is 13.2 Å². The van der Waals surface area contributed by atoms with E-state index in [4.69, 9.17) is 14.2 Å². The Balaban J connectivity index is 1.98. The van der Waals surface area contributed by atoms with Gasteiger partial charge >= 0.3 is 5.97 Å². The third-order valence-electron chi connectivity index (χ3n) is 2.27. The molecule has 0 spiro atoms. The van der Waals surface area contributed by atoms with Crippen LogP contribution >= 0.6 is 0 Å². The van der Waals surface area contributed by atoms with E-state index in [1.165, 1.54) is 0 Å². The summed E-state index contributed by atoms with van der Waals surface area (Å²) >= 11 is 0. The van der Waals surface area contributed by atoms with E-state index >= 15 is 0 Å². The molecule has 2 aliphatic heterocycles. The molecule has 0 aliphatic carbocycles. The van der Waals surface area contributed by atoms with Crippen LogP contribution in [0.3, 0.4) is 0 Å². The van der Waals surface area contributed by atoms with Crippen LogP contribution in [0, 0.1) is 5.92 Å². The monoisotopic (exact) mass is 172 g/mol. The number of fused-ring (bicyclic) bond motifs is 1. The average Bonchev–Trinajstić information content (AvgIpc) is 2.52. The topological polar surface area (TPSA) is 44.8 Å². The molecule has 0 saturated carbocycles. The van der Waals surface area contributed by atoms with Crippen molar-refractivity contribution in [3.63, 3.8) is 0 Å². The van der Waals surface area contributed by atoms with Gasteiger partial charge in [0.2, 0.25) is 0 Å². The highest BCUT2D eigenvalue weighted by Gasteiger charge is 2.46. The first-order valence-electron chi connectivity index (χ1n) is 4.24. The molecule has 0 amide bonds. The van der Waals surface area contributed by atoms with E-state index in [2.05, 4.69) is 0 Å². The lowest BCUT2D eigenvalue weighted by Gasteiger charge is -2.13. The summed E-state index contributed by atoms with van der Waals surface area (Å²) < 4.78 is 15.6. The maximum absolute atomic E-state index is 10.9. The second-order valence-electron chi connectivity index (χ2n) is 3.05.